The molecular formula is C17H16Cl2FNO. The predicted octanol–water partition coefficient (Wildman–Crippen LogP) is 4.89. The lowest BCUT2D eigenvalue weighted by atomic mass is 10.1. The molecule has 5 heteroatoms. The van der Waals surface area contributed by atoms with Crippen LogP contribution in [-0.4, -0.2) is 17.9 Å². The molecule has 0 N–H and O–H groups in total. The third-order valence-electron chi connectivity index (χ3n) is 3.63. The van der Waals surface area contributed by atoms with Crippen LogP contribution < -0.4 is 0 Å². The Morgan fingerprint density at radius 1 is 1.23 bits per heavy atom. The van der Waals surface area contributed by atoms with Crippen molar-refractivity contribution in [1.29, 1.82) is 0 Å². The van der Waals surface area contributed by atoms with E-state index in [4.69, 9.17) is 23.2 Å². The fraction of sp³-hybridized carbons (Fsp3) is 0.235. The normalized spacial score (nSPS) is 12.0. The monoisotopic (exact) mass is 339 g/mol. The van der Waals surface area contributed by atoms with Crippen molar-refractivity contribution >= 4 is 29.1 Å². The second kappa shape index (κ2) is 7.12. The Labute approximate surface area is 139 Å². The van der Waals surface area contributed by atoms with Crippen molar-refractivity contribution in [1.82, 2.24) is 4.90 Å². The van der Waals surface area contributed by atoms with Gasteiger partial charge in [0.2, 0.25) is 5.91 Å². The van der Waals surface area contributed by atoms with E-state index in [-0.39, 0.29) is 24.2 Å². The topological polar surface area (TPSA) is 20.3 Å². The van der Waals surface area contributed by atoms with Crippen LogP contribution in [0.4, 0.5) is 4.39 Å². The minimum atomic E-state index is -0.346. The van der Waals surface area contributed by atoms with Gasteiger partial charge in [-0.3, -0.25) is 4.79 Å². The molecule has 0 fully saturated rings. The van der Waals surface area contributed by atoms with Gasteiger partial charge < -0.3 is 4.90 Å². The largest absolute Gasteiger partial charge is 0.339 e. The SMILES string of the molecule is CC(c1ccc(Cl)cc1Cl)N(C)C(=O)Cc1cccc(F)c1. The summed E-state index contributed by atoms with van der Waals surface area (Å²) in [5.41, 5.74) is 1.47. The molecule has 0 saturated carbocycles. The highest BCUT2D eigenvalue weighted by Gasteiger charge is 2.20. The smallest absolute Gasteiger partial charge is 0.227 e. The van der Waals surface area contributed by atoms with Gasteiger partial charge in [0.25, 0.3) is 0 Å². The molecule has 0 heterocycles. The second-order valence-corrected chi connectivity index (χ2v) is 6.00. The minimum absolute atomic E-state index is 0.107. The van der Waals surface area contributed by atoms with E-state index in [1.165, 1.54) is 12.1 Å². The average Bonchev–Trinajstić information content (AvgIpc) is 2.45. The summed E-state index contributed by atoms with van der Waals surface area (Å²) in [5, 5.41) is 1.07. The Morgan fingerprint density at radius 3 is 2.59 bits per heavy atom. The van der Waals surface area contributed by atoms with Crippen molar-refractivity contribution in [2.24, 2.45) is 0 Å². The second-order valence-electron chi connectivity index (χ2n) is 5.15. The summed E-state index contributed by atoms with van der Waals surface area (Å²) < 4.78 is 13.2. The van der Waals surface area contributed by atoms with Gasteiger partial charge >= 0.3 is 0 Å². The van der Waals surface area contributed by atoms with Crippen LogP contribution in [-0.2, 0) is 11.2 Å². The fourth-order valence-electron chi connectivity index (χ4n) is 2.21. The molecule has 1 amide bonds. The molecule has 2 nitrogen and oxygen atoms in total. The Balaban J connectivity index is 2.12. The molecule has 0 saturated heterocycles. The van der Waals surface area contributed by atoms with Crippen LogP contribution in [0.15, 0.2) is 42.5 Å². The van der Waals surface area contributed by atoms with Crippen LogP contribution >= 0.6 is 23.2 Å². The molecule has 1 unspecified atom stereocenters. The first-order valence-electron chi connectivity index (χ1n) is 6.83. The van der Waals surface area contributed by atoms with E-state index in [1.54, 1.807) is 42.3 Å². The van der Waals surface area contributed by atoms with Crippen molar-refractivity contribution in [3.05, 3.63) is 69.5 Å². The van der Waals surface area contributed by atoms with Gasteiger partial charge in [0.05, 0.1) is 12.5 Å². The first-order chi connectivity index (χ1) is 10.4. The van der Waals surface area contributed by atoms with Crippen LogP contribution in [0.5, 0.6) is 0 Å². The summed E-state index contributed by atoms with van der Waals surface area (Å²) in [7, 11) is 1.71. The molecule has 0 bridgehead atoms. The molecule has 0 spiro atoms. The van der Waals surface area contributed by atoms with E-state index in [2.05, 4.69) is 0 Å². The van der Waals surface area contributed by atoms with Crippen molar-refractivity contribution in [3.8, 4) is 0 Å². The Morgan fingerprint density at radius 2 is 1.95 bits per heavy atom. The number of rotatable bonds is 4. The highest BCUT2D eigenvalue weighted by Crippen LogP contribution is 2.29. The number of likely N-dealkylation sites (N-methyl/N-ethyl adjacent to an activating group) is 1. The molecule has 116 valence electrons. The molecule has 0 aliphatic carbocycles. The molecule has 0 aliphatic rings. The maximum absolute atomic E-state index is 13.2. The maximum atomic E-state index is 13.2. The van der Waals surface area contributed by atoms with Crippen LogP contribution in [0.2, 0.25) is 10.0 Å². The molecule has 2 aromatic carbocycles. The van der Waals surface area contributed by atoms with E-state index < -0.39 is 0 Å². The number of benzene rings is 2. The zero-order valence-electron chi connectivity index (χ0n) is 12.3. The van der Waals surface area contributed by atoms with Crippen molar-refractivity contribution in [2.45, 2.75) is 19.4 Å². The number of amides is 1. The first-order valence-corrected chi connectivity index (χ1v) is 7.59. The number of hydrogen-bond donors (Lipinski definition) is 0. The van der Waals surface area contributed by atoms with Crippen molar-refractivity contribution < 1.29 is 9.18 Å². The lowest BCUT2D eigenvalue weighted by Crippen LogP contribution is -2.31. The zero-order valence-corrected chi connectivity index (χ0v) is 13.8. The third kappa shape index (κ3) is 3.99. The van der Waals surface area contributed by atoms with Gasteiger partial charge in [0, 0.05) is 17.1 Å². The van der Waals surface area contributed by atoms with Gasteiger partial charge in [-0.15, -0.1) is 0 Å². The average molecular weight is 340 g/mol. The number of nitrogens with zero attached hydrogens (tertiary/aromatic N) is 1. The number of hydrogen-bond acceptors (Lipinski definition) is 1. The van der Waals surface area contributed by atoms with Gasteiger partial charge in [0.1, 0.15) is 5.82 Å². The van der Waals surface area contributed by atoms with E-state index >= 15 is 0 Å². The lowest BCUT2D eigenvalue weighted by Gasteiger charge is -2.26. The van der Waals surface area contributed by atoms with Gasteiger partial charge in [-0.2, -0.15) is 0 Å². The molecule has 22 heavy (non-hydrogen) atoms. The van der Waals surface area contributed by atoms with Crippen LogP contribution in [0, 0.1) is 5.82 Å². The van der Waals surface area contributed by atoms with Crippen LogP contribution in [0.3, 0.4) is 0 Å². The zero-order chi connectivity index (χ0) is 16.3. The van der Waals surface area contributed by atoms with E-state index in [1.807, 2.05) is 6.92 Å². The molecular weight excluding hydrogens is 324 g/mol. The molecule has 1 atom stereocenters. The van der Waals surface area contributed by atoms with Gasteiger partial charge in [-0.1, -0.05) is 41.4 Å². The summed E-state index contributed by atoms with van der Waals surface area (Å²) in [5.74, 6) is -0.453. The van der Waals surface area contributed by atoms with Gasteiger partial charge in [0.15, 0.2) is 0 Å². The van der Waals surface area contributed by atoms with Gasteiger partial charge in [-0.25, -0.2) is 4.39 Å². The Kier molecular flexibility index (Phi) is 5.43. The van der Waals surface area contributed by atoms with E-state index in [0.29, 0.717) is 15.6 Å². The summed E-state index contributed by atoms with van der Waals surface area (Å²) >= 11 is 12.1. The van der Waals surface area contributed by atoms with Crippen molar-refractivity contribution in [2.75, 3.05) is 7.05 Å². The number of carbonyl (C=O) groups excluding carboxylic acids is 1. The summed E-state index contributed by atoms with van der Waals surface area (Å²) in [6, 6.07) is 11.0. The predicted molar refractivity (Wildman–Crippen MR) is 87.8 cm³/mol. The molecule has 2 rings (SSSR count). The third-order valence-corrected chi connectivity index (χ3v) is 4.19. The van der Waals surface area contributed by atoms with Gasteiger partial charge in [-0.05, 0) is 42.3 Å². The molecule has 0 radical (unpaired) electrons. The summed E-state index contributed by atoms with van der Waals surface area (Å²) in [6.07, 6.45) is 0.143. The van der Waals surface area contributed by atoms with Crippen LogP contribution in [0.25, 0.3) is 0 Å². The quantitative estimate of drug-likeness (QED) is 0.776. The van der Waals surface area contributed by atoms with Crippen molar-refractivity contribution in [3.63, 3.8) is 0 Å². The molecule has 0 aliphatic heterocycles. The lowest BCUT2D eigenvalue weighted by molar-refractivity contribution is -0.131. The molecule has 2 aromatic rings. The number of halogens is 3. The highest BCUT2D eigenvalue weighted by molar-refractivity contribution is 6.35. The highest BCUT2D eigenvalue weighted by atomic mass is 35.5. The summed E-state index contributed by atoms with van der Waals surface area (Å²) in [4.78, 5) is 13.9. The van der Waals surface area contributed by atoms with Crippen LogP contribution in [0.1, 0.15) is 24.1 Å². The standard InChI is InChI=1S/C17H16Cl2FNO/c1-11(15-7-6-13(18)10-16(15)19)21(2)17(22)9-12-4-3-5-14(20)8-12/h3-8,10-11H,9H2,1-2H3. The Bertz CT molecular complexity index is 690. The van der Waals surface area contributed by atoms with E-state index in [0.717, 1.165) is 5.56 Å². The first kappa shape index (κ1) is 16.8. The Hall–Kier alpha value is -1.58. The number of carbonyl (C=O) groups is 1. The summed E-state index contributed by atoms with van der Waals surface area (Å²) in [6.45, 7) is 1.89. The molecule has 0 aromatic heterocycles. The maximum Gasteiger partial charge on any atom is 0.227 e. The van der Waals surface area contributed by atoms with E-state index in [9.17, 15) is 9.18 Å². The fourth-order valence-corrected chi connectivity index (χ4v) is 2.78. The minimum Gasteiger partial charge on any atom is -0.339 e.